The predicted octanol–water partition coefficient (Wildman–Crippen LogP) is 8.71. The van der Waals surface area contributed by atoms with E-state index in [1.807, 2.05) is 11.3 Å². The van der Waals surface area contributed by atoms with Gasteiger partial charge in [0, 0.05) is 26.6 Å². The molecule has 0 fully saturated rings. The van der Waals surface area contributed by atoms with Crippen molar-refractivity contribution in [3.8, 4) is 17.1 Å². The topological polar surface area (TPSA) is 8.81 Å². The Morgan fingerprint density at radius 1 is 0.811 bits per heavy atom. The Bertz CT molecular complexity index is 1820. The summed E-state index contributed by atoms with van der Waals surface area (Å²) in [5.41, 5.74) is 9.73. The third kappa shape index (κ3) is 3.48. The lowest BCUT2D eigenvalue weighted by Crippen LogP contribution is -2.31. The zero-order valence-electron chi connectivity index (χ0n) is 22.1. The van der Waals surface area contributed by atoms with Gasteiger partial charge in [-0.15, -0.1) is 11.3 Å². The summed E-state index contributed by atoms with van der Waals surface area (Å²) < 4.78 is 7.95. The standard InChI is InChI=1S/C34H33N2S/c1-21(2)17-24-19-25(18-22(3)4)32(33-31(24)27-13-7-10-16-30(27)37-33)36-29-15-9-8-14-28(29)35-20-23-11-5-6-12-26(23)34(35)36/h5-16,19,21-22H,17-18,20H2,1-4H3/q+1. The Kier molecular flexibility index (Phi) is 5.26. The molecule has 1 aliphatic heterocycles. The minimum absolute atomic E-state index is 0.576. The second kappa shape index (κ2) is 8.56. The largest absolute Gasteiger partial charge is 0.295 e. The minimum atomic E-state index is 0.576. The van der Waals surface area contributed by atoms with E-state index in [0.717, 1.165) is 19.4 Å². The van der Waals surface area contributed by atoms with E-state index in [4.69, 9.17) is 0 Å². The predicted molar refractivity (Wildman–Crippen MR) is 158 cm³/mol. The highest BCUT2D eigenvalue weighted by Gasteiger charge is 2.36. The average molecular weight is 502 g/mol. The zero-order valence-corrected chi connectivity index (χ0v) is 22.9. The van der Waals surface area contributed by atoms with Crippen LogP contribution in [0, 0.1) is 11.8 Å². The van der Waals surface area contributed by atoms with Crippen molar-refractivity contribution in [2.45, 2.75) is 47.1 Å². The van der Waals surface area contributed by atoms with Gasteiger partial charge in [-0.3, -0.25) is 0 Å². The summed E-state index contributed by atoms with van der Waals surface area (Å²) in [5, 5.41) is 2.86. The second-order valence-electron chi connectivity index (χ2n) is 11.4. The molecule has 0 unspecified atom stereocenters. The van der Waals surface area contributed by atoms with Crippen LogP contribution in [0.25, 0.3) is 48.3 Å². The molecule has 2 aromatic heterocycles. The summed E-state index contributed by atoms with van der Waals surface area (Å²) in [6.07, 6.45) is 2.17. The van der Waals surface area contributed by atoms with Gasteiger partial charge in [0.05, 0.1) is 10.3 Å². The SMILES string of the molecule is CC(C)Cc1cc(CC(C)C)c2c(sc3ccccc32)c1-n1c2[n+](c3ccccc31)Cc1ccccc1-2. The van der Waals surface area contributed by atoms with E-state index in [9.17, 15) is 0 Å². The summed E-state index contributed by atoms with van der Waals surface area (Å²) in [4.78, 5) is 0. The fraction of sp³-hybridized carbons (Fsp3) is 0.265. The first-order valence-corrected chi connectivity index (χ1v) is 14.4. The number of aromatic nitrogens is 2. The maximum atomic E-state index is 2.61. The molecular formula is C34H33N2S+. The molecule has 7 rings (SSSR count). The molecule has 4 aromatic carbocycles. The van der Waals surface area contributed by atoms with Crippen molar-refractivity contribution in [2.24, 2.45) is 11.8 Å². The van der Waals surface area contributed by atoms with Gasteiger partial charge >= 0.3 is 0 Å². The van der Waals surface area contributed by atoms with E-state index in [1.165, 1.54) is 65.0 Å². The fourth-order valence-corrected chi connectivity index (χ4v) is 7.71. The highest BCUT2D eigenvalue weighted by atomic mass is 32.1. The Morgan fingerprint density at radius 3 is 2.35 bits per heavy atom. The molecule has 37 heavy (non-hydrogen) atoms. The number of hydrogen-bond donors (Lipinski definition) is 0. The van der Waals surface area contributed by atoms with Gasteiger partial charge in [-0.2, -0.15) is 4.57 Å². The molecule has 0 saturated heterocycles. The minimum Gasteiger partial charge on any atom is -0.218 e. The number of imidazole rings is 1. The van der Waals surface area contributed by atoms with Crippen molar-refractivity contribution in [3.05, 3.63) is 95.6 Å². The first kappa shape index (κ1) is 22.7. The molecule has 0 atom stereocenters. The first-order valence-electron chi connectivity index (χ1n) is 13.6. The van der Waals surface area contributed by atoms with E-state index in [1.54, 1.807) is 0 Å². The number of thiophene rings is 1. The lowest BCUT2D eigenvalue weighted by molar-refractivity contribution is -0.645. The van der Waals surface area contributed by atoms with Gasteiger partial charge in [0.2, 0.25) is 0 Å². The smallest absolute Gasteiger partial charge is 0.218 e. The molecule has 0 N–H and O–H groups in total. The van der Waals surface area contributed by atoms with Gasteiger partial charge in [-0.25, -0.2) is 4.57 Å². The van der Waals surface area contributed by atoms with Crippen LogP contribution in [0.1, 0.15) is 44.4 Å². The second-order valence-corrected chi connectivity index (χ2v) is 12.5. The van der Waals surface area contributed by atoms with Crippen LogP contribution in [0.3, 0.4) is 0 Å². The highest BCUT2D eigenvalue weighted by molar-refractivity contribution is 7.26. The molecule has 0 saturated carbocycles. The van der Waals surface area contributed by atoms with Crippen molar-refractivity contribution in [3.63, 3.8) is 0 Å². The summed E-state index contributed by atoms with van der Waals surface area (Å²) in [7, 11) is 0. The van der Waals surface area contributed by atoms with Gasteiger partial charge in [0.15, 0.2) is 16.7 Å². The van der Waals surface area contributed by atoms with Crippen LogP contribution >= 0.6 is 11.3 Å². The fourth-order valence-electron chi connectivity index (χ4n) is 6.40. The molecular weight excluding hydrogens is 468 g/mol. The highest BCUT2D eigenvalue weighted by Crippen LogP contribution is 2.45. The first-order chi connectivity index (χ1) is 18.0. The van der Waals surface area contributed by atoms with Crippen molar-refractivity contribution in [2.75, 3.05) is 0 Å². The monoisotopic (exact) mass is 501 g/mol. The lowest BCUT2D eigenvalue weighted by Gasteiger charge is -2.16. The zero-order chi connectivity index (χ0) is 25.3. The third-order valence-electron chi connectivity index (χ3n) is 7.73. The van der Waals surface area contributed by atoms with Crippen LogP contribution in [0.5, 0.6) is 0 Å². The Hall–Kier alpha value is -3.43. The number of fused-ring (bicyclic) bond motifs is 8. The normalized spacial score (nSPS) is 12.9. The van der Waals surface area contributed by atoms with E-state index in [0.29, 0.717) is 11.8 Å². The van der Waals surface area contributed by atoms with Crippen molar-refractivity contribution in [1.29, 1.82) is 0 Å². The van der Waals surface area contributed by atoms with Gasteiger partial charge in [-0.1, -0.05) is 82.3 Å². The Balaban J connectivity index is 1.67. The van der Waals surface area contributed by atoms with Gasteiger partial charge in [0.25, 0.3) is 5.82 Å². The summed E-state index contributed by atoms with van der Waals surface area (Å²) in [6, 6.07) is 29.5. The maximum absolute atomic E-state index is 2.61. The van der Waals surface area contributed by atoms with Crippen molar-refractivity contribution < 1.29 is 4.57 Å². The average Bonchev–Trinajstić information content (AvgIpc) is 3.53. The molecule has 3 heteroatoms. The molecule has 1 aliphatic rings. The van der Waals surface area contributed by atoms with Gasteiger partial charge < -0.3 is 0 Å². The van der Waals surface area contributed by atoms with Crippen LogP contribution in [0.15, 0.2) is 78.9 Å². The van der Waals surface area contributed by atoms with E-state index in [2.05, 4.69) is 116 Å². The van der Waals surface area contributed by atoms with E-state index in [-0.39, 0.29) is 0 Å². The Morgan fingerprint density at radius 2 is 1.51 bits per heavy atom. The molecule has 184 valence electrons. The molecule has 0 amide bonds. The molecule has 0 radical (unpaired) electrons. The van der Waals surface area contributed by atoms with Crippen LogP contribution in [0.4, 0.5) is 0 Å². The summed E-state index contributed by atoms with van der Waals surface area (Å²) >= 11 is 1.97. The lowest BCUT2D eigenvalue weighted by atomic mass is 9.91. The molecule has 0 spiro atoms. The Labute approximate surface area is 222 Å². The molecule has 2 nitrogen and oxygen atoms in total. The van der Waals surface area contributed by atoms with Gasteiger partial charge in [0.1, 0.15) is 6.54 Å². The number of benzene rings is 4. The maximum Gasteiger partial charge on any atom is 0.295 e. The number of rotatable bonds is 5. The summed E-state index contributed by atoms with van der Waals surface area (Å²) in [5.74, 6) is 2.50. The van der Waals surface area contributed by atoms with Crippen molar-refractivity contribution in [1.82, 2.24) is 4.57 Å². The van der Waals surface area contributed by atoms with Crippen LogP contribution in [-0.4, -0.2) is 4.57 Å². The van der Waals surface area contributed by atoms with E-state index < -0.39 is 0 Å². The van der Waals surface area contributed by atoms with Crippen LogP contribution in [-0.2, 0) is 19.4 Å². The van der Waals surface area contributed by atoms with Crippen molar-refractivity contribution >= 4 is 42.5 Å². The molecule has 6 aromatic rings. The summed E-state index contributed by atoms with van der Waals surface area (Å²) in [6.45, 7) is 10.3. The third-order valence-corrected chi connectivity index (χ3v) is 8.91. The number of hydrogen-bond acceptors (Lipinski definition) is 1. The van der Waals surface area contributed by atoms with Crippen LogP contribution < -0.4 is 4.57 Å². The van der Waals surface area contributed by atoms with E-state index >= 15 is 0 Å². The molecule has 0 bridgehead atoms. The quantitative estimate of drug-likeness (QED) is 0.209. The number of nitrogens with zero attached hydrogens (tertiary/aromatic N) is 2. The molecule has 0 aliphatic carbocycles. The molecule has 3 heterocycles. The van der Waals surface area contributed by atoms with Crippen LogP contribution in [0.2, 0.25) is 0 Å². The van der Waals surface area contributed by atoms with Gasteiger partial charge in [-0.05, 0) is 54.5 Å². The number of para-hydroxylation sites is 2.